The molecule has 1 aliphatic rings. The van der Waals surface area contributed by atoms with Crippen molar-refractivity contribution in [3.63, 3.8) is 0 Å². The van der Waals surface area contributed by atoms with Crippen LogP contribution in [0.5, 0.6) is 5.88 Å². The minimum atomic E-state index is -0.199. The fraction of sp³-hybridized carbons (Fsp3) is 0.647. The number of urea groups is 1. The van der Waals surface area contributed by atoms with Gasteiger partial charge in [-0.1, -0.05) is 13.8 Å². The zero-order chi connectivity index (χ0) is 16.8. The number of rotatable bonds is 5. The largest absolute Gasteiger partial charge is 0.481 e. The fourth-order valence-electron chi connectivity index (χ4n) is 2.83. The Morgan fingerprint density at radius 2 is 2.26 bits per heavy atom. The SMILES string of the molecule is COc1ccc(NC(=O)N[C@H]2CCO[C@@H](CC(C)C)C2)c(C)n1. The van der Waals surface area contributed by atoms with E-state index in [1.807, 2.05) is 6.92 Å². The molecule has 0 unspecified atom stereocenters. The first-order valence-corrected chi connectivity index (χ1v) is 8.18. The van der Waals surface area contributed by atoms with Crippen molar-refractivity contribution in [1.82, 2.24) is 10.3 Å². The van der Waals surface area contributed by atoms with Gasteiger partial charge in [0.1, 0.15) is 0 Å². The van der Waals surface area contributed by atoms with Gasteiger partial charge in [0.2, 0.25) is 5.88 Å². The highest BCUT2D eigenvalue weighted by Crippen LogP contribution is 2.21. The number of methoxy groups -OCH3 is 1. The molecule has 23 heavy (non-hydrogen) atoms. The van der Waals surface area contributed by atoms with E-state index < -0.39 is 0 Å². The van der Waals surface area contributed by atoms with Crippen LogP contribution in [0.25, 0.3) is 0 Å². The molecule has 2 rings (SSSR count). The Labute approximate surface area is 138 Å². The van der Waals surface area contributed by atoms with Crippen molar-refractivity contribution in [2.45, 2.75) is 52.2 Å². The van der Waals surface area contributed by atoms with Crippen LogP contribution in [-0.4, -0.2) is 36.9 Å². The van der Waals surface area contributed by atoms with Gasteiger partial charge in [-0.05, 0) is 38.2 Å². The van der Waals surface area contributed by atoms with Gasteiger partial charge >= 0.3 is 6.03 Å². The lowest BCUT2D eigenvalue weighted by molar-refractivity contribution is -0.00717. The third-order valence-corrected chi connectivity index (χ3v) is 3.95. The lowest BCUT2D eigenvalue weighted by Crippen LogP contribution is -2.44. The van der Waals surface area contributed by atoms with E-state index in [0.717, 1.165) is 25.0 Å². The number of carbonyl (C=O) groups excluding carboxylic acids is 1. The number of hydrogen-bond acceptors (Lipinski definition) is 4. The Morgan fingerprint density at radius 3 is 2.91 bits per heavy atom. The molecule has 2 amide bonds. The number of carbonyl (C=O) groups is 1. The van der Waals surface area contributed by atoms with Gasteiger partial charge in [-0.2, -0.15) is 0 Å². The number of ether oxygens (including phenoxy) is 2. The molecular weight excluding hydrogens is 294 g/mol. The molecule has 2 atom stereocenters. The summed E-state index contributed by atoms with van der Waals surface area (Å²) in [5.41, 5.74) is 1.42. The number of amides is 2. The van der Waals surface area contributed by atoms with Crippen LogP contribution in [0.3, 0.4) is 0 Å². The van der Waals surface area contributed by atoms with Gasteiger partial charge in [-0.25, -0.2) is 9.78 Å². The lowest BCUT2D eigenvalue weighted by Gasteiger charge is -2.31. The van der Waals surface area contributed by atoms with E-state index in [-0.39, 0.29) is 18.2 Å². The topological polar surface area (TPSA) is 72.5 Å². The average molecular weight is 321 g/mol. The maximum absolute atomic E-state index is 12.2. The van der Waals surface area contributed by atoms with Crippen LogP contribution in [0.15, 0.2) is 12.1 Å². The van der Waals surface area contributed by atoms with Crippen LogP contribution in [0.4, 0.5) is 10.5 Å². The van der Waals surface area contributed by atoms with Gasteiger partial charge in [-0.3, -0.25) is 0 Å². The molecule has 0 radical (unpaired) electrons. The van der Waals surface area contributed by atoms with Crippen LogP contribution in [0.2, 0.25) is 0 Å². The standard InChI is InChI=1S/C17H27N3O3/c1-11(2)9-14-10-13(7-8-23-14)19-17(21)20-15-5-6-16(22-4)18-12(15)3/h5-6,11,13-14H,7-10H2,1-4H3,(H2,19,20,21)/t13-,14-/m0/s1. The summed E-state index contributed by atoms with van der Waals surface area (Å²) < 4.78 is 10.8. The Bertz CT molecular complexity index is 534. The molecule has 1 aliphatic heterocycles. The lowest BCUT2D eigenvalue weighted by atomic mass is 9.96. The molecule has 0 saturated carbocycles. The Kier molecular flexibility index (Phi) is 6.21. The molecule has 0 aromatic carbocycles. The van der Waals surface area contributed by atoms with Gasteiger partial charge < -0.3 is 20.1 Å². The van der Waals surface area contributed by atoms with E-state index in [9.17, 15) is 4.79 Å². The van der Waals surface area contributed by atoms with Gasteiger partial charge in [-0.15, -0.1) is 0 Å². The fourth-order valence-corrected chi connectivity index (χ4v) is 2.83. The Hall–Kier alpha value is -1.82. The molecule has 2 heterocycles. The number of aryl methyl sites for hydroxylation is 1. The summed E-state index contributed by atoms with van der Waals surface area (Å²) in [5, 5.41) is 5.89. The smallest absolute Gasteiger partial charge is 0.319 e. The molecule has 1 aromatic heterocycles. The molecular formula is C17H27N3O3. The van der Waals surface area contributed by atoms with Crippen molar-refractivity contribution in [2.75, 3.05) is 19.0 Å². The van der Waals surface area contributed by atoms with Crippen molar-refractivity contribution >= 4 is 11.7 Å². The van der Waals surface area contributed by atoms with Crippen molar-refractivity contribution in [1.29, 1.82) is 0 Å². The molecule has 0 aliphatic carbocycles. The van der Waals surface area contributed by atoms with E-state index in [0.29, 0.717) is 24.1 Å². The van der Waals surface area contributed by atoms with Gasteiger partial charge in [0.05, 0.1) is 24.6 Å². The van der Waals surface area contributed by atoms with Crippen molar-refractivity contribution in [3.8, 4) is 5.88 Å². The second kappa shape index (κ2) is 8.15. The van der Waals surface area contributed by atoms with E-state index in [1.165, 1.54) is 0 Å². The Balaban J connectivity index is 1.87. The number of aromatic nitrogens is 1. The highest BCUT2D eigenvalue weighted by atomic mass is 16.5. The summed E-state index contributed by atoms with van der Waals surface area (Å²) in [5.74, 6) is 1.13. The van der Waals surface area contributed by atoms with Crippen LogP contribution in [0, 0.1) is 12.8 Å². The predicted molar refractivity (Wildman–Crippen MR) is 89.9 cm³/mol. The first-order valence-electron chi connectivity index (χ1n) is 8.18. The van der Waals surface area contributed by atoms with Crippen LogP contribution in [0.1, 0.15) is 38.8 Å². The number of anilines is 1. The molecule has 0 bridgehead atoms. The Morgan fingerprint density at radius 1 is 1.48 bits per heavy atom. The zero-order valence-electron chi connectivity index (χ0n) is 14.4. The number of pyridine rings is 1. The summed E-state index contributed by atoms with van der Waals surface area (Å²) in [7, 11) is 1.57. The second-order valence-electron chi connectivity index (χ2n) is 6.43. The average Bonchev–Trinajstić information content (AvgIpc) is 2.49. The third-order valence-electron chi connectivity index (χ3n) is 3.95. The van der Waals surface area contributed by atoms with Crippen molar-refractivity contribution in [3.05, 3.63) is 17.8 Å². The molecule has 6 nitrogen and oxygen atoms in total. The molecule has 1 aromatic rings. The maximum Gasteiger partial charge on any atom is 0.319 e. The minimum Gasteiger partial charge on any atom is -0.481 e. The van der Waals surface area contributed by atoms with Gasteiger partial charge in [0.15, 0.2) is 0 Å². The predicted octanol–water partition coefficient (Wildman–Crippen LogP) is 3.11. The van der Waals surface area contributed by atoms with E-state index in [4.69, 9.17) is 9.47 Å². The molecule has 6 heteroatoms. The van der Waals surface area contributed by atoms with Crippen molar-refractivity contribution < 1.29 is 14.3 Å². The van der Waals surface area contributed by atoms with Crippen LogP contribution < -0.4 is 15.4 Å². The highest BCUT2D eigenvalue weighted by Gasteiger charge is 2.24. The zero-order valence-corrected chi connectivity index (χ0v) is 14.4. The normalized spacial score (nSPS) is 21.1. The number of hydrogen-bond donors (Lipinski definition) is 2. The minimum absolute atomic E-state index is 0.152. The number of nitrogens with one attached hydrogen (secondary N) is 2. The second-order valence-corrected chi connectivity index (χ2v) is 6.43. The summed E-state index contributed by atoms with van der Waals surface area (Å²) >= 11 is 0. The van der Waals surface area contributed by atoms with Gasteiger partial charge in [0.25, 0.3) is 0 Å². The molecule has 0 spiro atoms. The van der Waals surface area contributed by atoms with E-state index in [2.05, 4.69) is 29.5 Å². The summed E-state index contributed by atoms with van der Waals surface area (Å²) in [6, 6.07) is 3.48. The van der Waals surface area contributed by atoms with E-state index in [1.54, 1.807) is 19.2 Å². The first-order chi connectivity index (χ1) is 11.0. The molecule has 1 fully saturated rings. The monoisotopic (exact) mass is 321 g/mol. The number of nitrogens with zero attached hydrogens (tertiary/aromatic N) is 1. The summed E-state index contributed by atoms with van der Waals surface area (Å²) in [6.07, 6.45) is 2.98. The van der Waals surface area contributed by atoms with Crippen LogP contribution in [-0.2, 0) is 4.74 Å². The molecule has 128 valence electrons. The maximum atomic E-state index is 12.2. The van der Waals surface area contributed by atoms with Crippen LogP contribution >= 0.6 is 0 Å². The molecule has 2 N–H and O–H groups in total. The quantitative estimate of drug-likeness (QED) is 0.874. The van der Waals surface area contributed by atoms with Crippen molar-refractivity contribution in [2.24, 2.45) is 5.92 Å². The summed E-state index contributed by atoms with van der Waals surface area (Å²) in [4.78, 5) is 16.4. The van der Waals surface area contributed by atoms with E-state index >= 15 is 0 Å². The summed E-state index contributed by atoms with van der Waals surface area (Å²) in [6.45, 7) is 6.91. The van der Waals surface area contributed by atoms with Gasteiger partial charge in [0, 0.05) is 18.7 Å². The highest BCUT2D eigenvalue weighted by molar-refractivity contribution is 5.90. The third kappa shape index (κ3) is 5.39. The first kappa shape index (κ1) is 17.5. The molecule has 1 saturated heterocycles.